The molecule has 8 heteroatoms. The second-order valence-electron chi connectivity index (χ2n) is 8.37. The van der Waals surface area contributed by atoms with Gasteiger partial charge in [0.05, 0.1) is 0 Å². The molecule has 3 rings (SSSR count). The Hall–Kier alpha value is -3.11. The first-order chi connectivity index (χ1) is 15.4. The Morgan fingerprint density at radius 2 is 1.94 bits per heavy atom. The van der Waals surface area contributed by atoms with Crippen molar-refractivity contribution in [1.29, 1.82) is 5.26 Å². The van der Waals surface area contributed by atoms with E-state index in [2.05, 4.69) is 24.1 Å². The van der Waals surface area contributed by atoms with Gasteiger partial charge in [0, 0.05) is 35.9 Å². The number of likely N-dealkylation sites (tertiary alicyclic amines) is 1. The van der Waals surface area contributed by atoms with E-state index in [9.17, 15) is 9.59 Å². The van der Waals surface area contributed by atoms with Crippen LogP contribution in [0.3, 0.4) is 0 Å². The summed E-state index contributed by atoms with van der Waals surface area (Å²) in [6.07, 6.45) is 3.36. The average Bonchev–Trinajstić information content (AvgIpc) is 2.79. The van der Waals surface area contributed by atoms with E-state index in [1.54, 1.807) is 41.3 Å². The molecule has 1 saturated heterocycles. The Balaban J connectivity index is 1.59. The van der Waals surface area contributed by atoms with Gasteiger partial charge in [-0.05, 0) is 67.5 Å². The minimum Gasteiger partial charge on any atom is -0.407 e. The molecule has 1 aromatic heterocycles. The normalized spacial score (nSPS) is 15.2. The molecule has 0 radical (unpaired) electrons. The summed E-state index contributed by atoms with van der Waals surface area (Å²) in [7, 11) is 0. The number of nitrogens with one attached hydrogen (secondary N) is 1. The molecule has 0 bridgehead atoms. The molecule has 0 spiro atoms. The standard InChI is InChI=1S/C24H27ClN4O3/c1-16(2)14-20(28-23(30)18-5-7-19(25)8-6-18)17-9-12-29(13-10-17)24(31)32-22-4-3-11-27-21(22)15-26/h3-8,11,16-17,20H,9-10,12-14H2,1-2H3,(H,28,30). The lowest BCUT2D eigenvalue weighted by molar-refractivity contribution is 0.0871. The highest BCUT2D eigenvalue weighted by atomic mass is 35.5. The topological polar surface area (TPSA) is 95.3 Å². The molecular weight excluding hydrogens is 428 g/mol. The van der Waals surface area contributed by atoms with Gasteiger partial charge in [-0.25, -0.2) is 9.78 Å². The molecule has 1 aliphatic rings. The summed E-state index contributed by atoms with van der Waals surface area (Å²) in [5.41, 5.74) is 0.659. The van der Waals surface area contributed by atoms with Gasteiger partial charge in [0.15, 0.2) is 11.4 Å². The van der Waals surface area contributed by atoms with Crippen molar-refractivity contribution in [1.82, 2.24) is 15.2 Å². The first-order valence-electron chi connectivity index (χ1n) is 10.8. The van der Waals surface area contributed by atoms with Gasteiger partial charge in [0.1, 0.15) is 6.07 Å². The van der Waals surface area contributed by atoms with Crippen molar-refractivity contribution in [3.63, 3.8) is 0 Å². The highest BCUT2D eigenvalue weighted by Gasteiger charge is 2.31. The molecule has 2 amide bonds. The molecule has 0 saturated carbocycles. The number of benzene rings is 1. The van der Waals surface area contributed by atoms with Crippen molar-refractivity contribution in [2.24, 2.45) is 11.8 Å². The number of nitrogens with zero attached hydrogens (tertiary/aromatic N) is 3. The second kappa shape index (κ2) is 11.0. The quantitative estimate of drug-likeness (QED) is 0.684. The Bertz CT molecular complexity index is 979. The monoisotopic (exact) mass is 454 g/mol. The van der Waals surface area contributed by atoms with Gasteiger partial charge in [-0.1, -0.05) is 25.4 Å². The predicted octanol–water partition coefficient (Wildman–Crippen LogP) is 4.66. The predicted molar refractivity (Wildman–Crippen MR) is 121 cm³/mol. The summed E-state index contributed by atoms with van der Waals surface area (Å²) in [5, 5.41) is 12.9. The molecule has 1 atom stereocenters. The largest absolute Gasteiger partial charge is 0.415 e. The number of aromatic nitrogens is 1. The van der Waals surface area contributed by atoms with Crippen molar-refractivity contribution in [3.8, 4) is 11.8 Å². The number of carbonyl (C=O) groups is 2. The maximum absolute atomic E-state index is 12.8. The molecule has 1 aromatic carbocycles. The zero-order chi connectivity index (χ0) is 23.1. The van der Waals surface area contributed by atoms with Crippen LogP contribution in [-0.4, -0.2) is 41.0 Å². The first-order valence-corrected chi connectivity index (χ1v) is 11.1. The Labute approximate surface area is 193 Å². The lowest BCUT2D eigenvalue weighted by Crippen LogP contribution is -2.47. The van der Waals surface area contributed by atoms with E-state index >= 15 is 0 Å². The number of carbonyl (C=O) groups excluding carboxylic acids is 2. The molecule has 0 aliphatic carbocycles. The smallest absolute Gasteiger partial charge is 0.407 e. The summed E-state index contributed by atoms with van der Waals surface area (Å²) in [6, 6.07) is 12.0. The van der Waals surface area contributed by atoms with Crippen LogP contribution >= 0.6 is 11.6 Å². The lowest BCUT2D eigenvalue weighted by Gasteiger charge is -2.36. The van der Waals surface area contributed by atoms with Crippen molar-refractivity contribution in [2.75, 3.05) is 13.1 Å². The summed E-state index contributed by atoms with van der Waals surface area (Å²) in [4.78, 5) is 30.9. The molecule has 2 heterocycles. The number of amides is 2. The number of ether oxygens (including phenoxy) is 1. The third kappa shape index (κ3) is 6.21. The van der Waals surface area contributed by atoms with Crippen LogP contribution in [0.15, 0.2) is 42.6 Å². The fourth-order valence-corrected chi connectivity index (χ4v) is 4.06. The highest BCUT2D eigenvalue weighted by molar-refractivity contribution is 6.30. The molecule has 1 N–H and O–H groups in total. The van der Waals surface area contributed by atoms with Crippen LogP contribution in [0.2, 0.25) is 5.02 Å². The number of piperidine rings is 1. The van der Waals surface area contributed by atoms with Crippen LogP contribution in [0.25, 0.3) is 0 Å². The van der Waals surface area contributed by atoms with Gasteiger partial charge in [-0.2, -0.15) is 5.26 Å². The highest BCUT2D eigenvalue weighted by Crippen LogP contribution is 2.26. The average molecular weight is 455 g/mol. The van der Waals surface area contributed by atoms with E-state index in [0.717, 1.165) is 19.3 Å². The van der Waals surface area contributed by atoms with E-state index in [-0.39, 0.29) is 29.3 Å². The number of halogens is 1. The van der Waals surface area contributed by atoms with Crippen molar-refractivity contribution >= 4 is 23.6 Å². The van der Waals surface area contributed by atoms with Gasteiger partial charge in [0.25, 0.3) is 5.91 Å². The third-order valence-corrected chi connectivity index (χ3v) is 5.84. The van der Waals surface area contributed by atoms with E-state index in [4.69, 9.17) is 21.6 Å². The number of rotatable bonds is 6. The minimum atomic E-state index is -0.487. The van der Waals surface area contributed by atoms with Crippen molar-refractivity contribution in [3.05, 3.63) is 58.9 Å². The van der Waals surface area contributed by atoms with Crippen LogP contribution in [0.1, 0.15) is 49.2 Å². The zero-order valence-corrected chi connectivity index (χ0v) is 19.0. The summed E-state index contributed by atoms with van der Waals surface area (Å²) >= 11 is 5.93. The summed E-state index contributed by atoms with van der Waals surface area (Å²) in [5.74, 6) is 0.721. The fraction of sp³-hybridized carbons (Fsp3) is 0.417. The van der Waals surface area contributed by atoms with Crippen LogP contribution in [0.4, 0.5) is 4.79 Å². The number of pyridine rings is 1. The maximum Gasteiger partial charge on any atom is 0.415 e. The second-order valence-corrected chi connectivity index (χ2v) is 8.81. The van der Waals surface area contributed by atoms with Gasteiger partial charge in [-0.15, -0.1) is 0 Å². The molecule has 32 heavy (non-hydrogen) atoms. The Kier molecular flexibility index (Phi) is 8.07. The maximum atomic E-state index is 12.8. The summed E-state index contributed by atoms with van der Waals surface area (Å²) < 4.78 is 5.39. The SMILES string of the molecule is CC(C)CC(NC(=O)c1ccc(Cl)cc1)C1CCN(C(=O)Oc2cccnc2C#N)CC1. The Morgan fingerprint density at radius 1 is 1.25 bits per heavy atom. The molecule has 2 aromatic rings. The molecule has 1 aliphatic heterocycles. The van der Waals surface area contributed by atoms with E-state index in [1.807, 2.05) is 6.07 Å². The van der Waals surface area contributed by atoms with Crippen LogP contribution in [0.5, 0.6) is 5.75 Å². The van der Waals surface area contributed by atoms with Gasteiger partial charge in [-0.3, -0.25) is 4.79 Å². The number of hydrogen-bond donors (Lipinski definition) is 1. The molecule has 168 valence electrons. The van der Waals surface area contributed by atoms with Gasteiger partial charge in [0.2, 0.25) is 0 Å². The molecular formula is C24H27ClN4O3. The van der Waals surface area contributed by atoms with E-state index in [0.29, 0.717) is 29.6 Å². The van der Waals surface area contributed by atoms with Crippen molar-refractivity contribution in [2.45, 2.75) is 39.2 Å². The van der Waals surface area contributed by atoms with Gasteiger partial charge < -0.3 is 15.0 Å². The first kappa shape index (κ1) is 23.6. The van der Waals surface area contributed by atoms with Gasteiger partial charge >= 0.3 is 6.09 Å². The molecule has 1 fully saturated rings. The van der Waals surface area contributed by atoms with E-state index in [1.165, 1.54) is 6.20 Å². The number of nitriles is 1. The fourth-order valence-electron chi connectivity index (χ4n) is 3.93. The third-order valence-electron chi connectivity index (χ3n) is 5.59. The molecule has 7 nitrogen and oxygen atoms in total. The van der Waals surface area contributed by atoms with Crippen LogP contribution < -0.4 is 10.1 Å². The summed E-state index contributed by atoms with van der Waals surface area (Å²) in [6.45, 7) is 5.32. The van der Waals surface area contributed by atoms with Crippen LogP contribution in [0, 0.1) is 23.2 Å². The minimum absolute atomic E-state index is 0.0138. The van der Waals surface area contributed by atoms with Crippen LogP contribution in [-0.2, 0) is 0 Å². The van der Waals surface area contributed by atoms with E-state index < -0.39 is 6.09 Å². The Morgan fingerprint density at radius 3 is 2.56 bits per heavy atom. The lowest BCUT2D eigenvalue weighted by atomic mass is 9.85. The molecule has 1 unspecified atom stereocenters. The number of hydrogen-bond acceptors (Lipinski definition) is 5. The zero-order valence-electron chi connectivity index (χ0n) is 18.3. The van der Waals surface area contributed by atoms with Crippen molar-refractivity contribution < 1.29 is 14.3 Å².